The number of aromatic nitrogens is 3. The molecule has 2 aromatic rings. The van der Waals surface area contributed by atoms with E-state index in [9.17, 15) is 9.59 Å². The van der Waals surface area contributed by atoms with Crippen LogP contribution in [-0.2, 0) is 6.54 Å². The second-order valence-corrected chi connectivity index (χ2v) is 4.92. The molecule has 7 nitrogen and oxygen atoms in total. The van der Waals surface area contributed by atoms with E-state index in [1.54, 1.807) is 13.0 Å². The molecule has 0 unspecified atom stereocenters. The molecule has 1 amide bonds. The molecule has 0 aliphatic heterocycles. The Kier molecular flexibility index (Phi) is 3.97. The molecule has 0 saturated carbocycles. The number of nitrogens with zero attached hydrogens (tertiary/aromatic N) is 3. The van der Waals surface area contributed by atoms with Gasteiger partial charge in [-0.2, -0.15) is 5.10 Å². The van der Waals surface area contributed by atoms with Crippen LogP contribution in [0.2, 0.25) is 0 Å². The van der Waals surface area contributed by atoms with Gasteiger partial charge in [0.15, 0.2) is 0 Å². The fourth-order valence-corrected chi connectivity index (χ4v) is 1.65. The largest absolute Gasteiger partial charge is 0.338 e. The number of aryl methyl sites for hydroxylation is 1. The lowest BCUT2D eigenvalue weighted by Crippen LogP contribution is -2.27. The topological polar surface area (TPSA) is 90.0 Å². The number of hydrogen-bond donors (Lipinski definition) is 1. The summed E-state index contributed by atoms with van der Waals surface area (Å²) >= 11 is 0. The van der Waals surface area contributed by atoms with Crippen molar-refractivity contribution >= 4 is 11.8 Å². The summed E-state index contributed by atoms with van der Waals surface area (Å²) < 4.78 is 6.18. The van der Waals surface area contributed by atoms with E-state index in [1.807, 2.05) is 13.8 Å². The lowest BCUT2D eigenvalue weighted by Gasteiger charge is -2.08. The molecule has 0 aliphatic carbocycles. The van der Waals surface area contributed by atoms with E-state index < -0.39 is 5.91 Å². The molecule has 0 spiro atoms. The van der Waals surface area contributed by atoms with E-state index >= 15 is 0 Å². The molecule has 7 heteroatoms. The molecule has 106 valence electrons. The van der Waals surface area contributed by atoms with Crippen molar-refractivity contribution in [3.05, 3.63) is 39.9 Å². The first-order valence-electron chi connectivity index (χ1n) is 6.28. The average Bonchev–Trinajstić information content (AvgIpc) is 2.77. The number of nitrogens with one attached hydrogen (secondary N) is 1. The third-order valence-corrected chi connectivity index (χ3v) is 2.50. The van der Waals surface area contributed by atoms with Gasteiger partial charge in [0.2, 0.25) is 5.88 Å². The van der Waals surface area contributed by atoms with E-state index in [2.05, 4.69) is 15.6 Å². The summed E-state index contributed by atoms with van der Waals surface area (Å²) in [6.45, 7) is 6.15. The van der Waals surface area contributed by atoms with Crippen LogP contribution in [0.4, 0.5) is 5.88 Å². The van der Waals surface area contributed by atoms with Crippen molar-refractivity contribution in [3.63, 3.8) is 0 Å². The summed E-state index contributed by atoms with van der Waals surface area (Å²) in [5.41, 5.74) is 0.586. The third kappa shape index (κ3) is 3.31. The zero-order valence-electron chi connectivity index (χ0n) is 11.6. The van der Waals surface area contributed by atoms with Crippen molar-refractivity contribution in [1.29, 1.82) is 0 Å². The molecule has 2 rings (SSSR count). The van der Waals surface area contributed by atoms with Gasteiger partial charge in [-0.3, -0.25) is 14.9 Å². The third-order valence-electron chi connectivity index (χ3n) is 2.50. The summed E-state index contributed by atoms with van der Waals surface area (Å²) in [6, 6.07) is 4.32. The van der Waals surface area contributed by atoms with E-state index in [4.69, 9.17) is 4.52 Å². The maximum atomic E-state index is 12.0. The van der Waals surface area contributed by atoms with Gasteiger partial charge in [0, 0.05) is 18.7 Å². The summed E-state index contributed by atoms with van der Waals surface area (Å²) in [7, 11) is 0. The van der Waals surface area contributed by atoms with Crippen LogP contribution in [0, 0.1) is 12.8 Å². The van der Waals surface area contributed by atoms with Gasteiger partial charge in [-0.25, -0.2) is 4.68 Å². The monoisotopic (exact) mass is 276 g/mol. The van der Waals surface area contributed by atoms with Gasteiger partial charge < -0.3 is 4.52 Å². The first-order chi connectivity index (χ1) is 9.45. The SMILES string of the molecule is Cc1cc(NC(=O)c2ccc(=O)n(CC(C)C)n2)on1. The summed E-state index contributed by atoms with van der Waals surface area (Å²) in [4.78, 5) is 23.6. The molecular weight excluding hydrogens is 260 g/mol. The number of hydrogen-bond acceptors (Lipinski definition) is 5. The standard InChI is InChI=1S/C13H16N4O3/c1-8(2)7-17-12(18)5-4-10(15-17)13(19)14-11-6-9(3)16-20-11/h4-6,8H,7H2,1-3H3,(H,14,19). The fraction of sp³-hybridized carbons (Fsp3) is 0.385. The summed E-state index contributed by atoms with van der Waals surface area (Å²) in [6.07, 6.45) is 0. The minimum Gasteiger partial charge on any atom is -0.338 e. The fourth-order valence-electron chi connectivity index (χ4n) is 1.65. The number of amides is 1. The van der Waals surface area contributed by atoms with Crippen molar-refractivity contribution in [2.24, 2.45) is 5.92 Å². The maximum absolute atomic E-state index is 12.0. The lowest BCUT2D eigenvalue weighted by atomic mass is 10.2. The first-order valence-corrected chi connectivity index (χ1v) is 6.28. The Bertz CT molecular complexity index is 672. The van der Waals surface area contributed by atoms with Gasteiger partial charge in [0.05, 0.1) is 5.69 Å². The molecule has 20 heavy (non-hydrogen) atoms. The van der Waals surface area contributed by atoms with Crippen LogP contribution in [0.1, 0.15) is 30.0 Å². The molecule has 2 aromatic heterocycles. The van der Waals surface area contributed by atoms with Crippen molar-refractivity contribution in [1.82, 2.24) is 14.9 Å². The Balaban J connectivity index is 2.19. The summed E-state index contributed by atoms with van der Waals surface area (Å²) in [5.74, 6) is 0.0602. The van der Waals surface area contributed by atoms with E-state index in [0.717, 1.165) is 0 Å². The molecule has 0 aliphatic rings. The molecule has 0 bridgehead atoms. The van der Waals surface area contributed by atoms with Gasteiger partial charge in [-0.05, 0) is 18.9 Å². The number of carbonyl (C=O) groups is 1. The smallest absolute Gasteiger partial charge is 0.278 e. The highest BCUT2D eigenvalue weighted by atomic mass is 16.5. The van der Waals surface area contributed by atoms with E-state index in [0.29, 0.717) is 12.2 Å². The van der Waals surface area contributed by atoms with Crippen molar-refractivity contribution in [2.75, 3.05) is 5.32 Å². The molecule has 2 heterocycles. The minimum atomic E-state index is -0.446. The molecule has 0 saturated heterocycles. The van der Waals surface area contributed by atoms with E-state index in [1.165, 1.54) is 16.8 Å². The Morgan fingerprint density at radius 2 is 2.20 bits per heavy atom. The highest BCUT2D eigenvalue weighted by molar-refractivity contribution is 6.01. The minimum absolute atomic E-state index is 0.152. The second-order valence-electron chi connectivity index (χ2n) is 4.92. The van der Waals surface area contributed by atoms with Crippen LogP contribution in [0.25, 0.3) is 0 Å². The highest BCUT2D eigenvalue weighted by Gasteiger charge is 2.12. The van der Waals surface area contributed by atoms with Crippen molar-refractivity contribution < 1.29 is 9.32 Å². The molecule has 0 fully saturated rings. The van der Waals surface area contributed by atoms with Gasteiger partial charge in [-0.1, -0.05) is 19.0 Å². The predicted molar refractivity (Wildman–Crippen MR) is 72.5 cm³/mol. The number of anilines is 1. The van der Waals surface area contributed by atoms with Crippen LogP contribution in [0.15, 0.2) is 27.5 Å². The molecule has 1 N–H and O–H groups in total. The van der Waals surface area contributed by atoms with Gasteiger partial charge in [0.1, 0.15) is 5.69 Å². The second kappa shape index (κ2) is 5.68. The quantitative estimate of drug-likeness (QED) is 0.912. The van der Waals surface area contributed by atoms with Gasteiger partial charge in [0.25, 0.3) is 11.5 Å². The normalized spacial score (nSPS) is 10.8. The molecule has 0 atom stereocenters. The average molecular weight is 276 g/mol. The predicted octanol–water partition coefficient (Wildman–Crippen LogP) is 1.45. The number of rotatable bonds is 4. The van der Waals surface area contributed by atoms with Crippen LogP contribution >= 0.6 is 0 Å². The number of carbonyl (C=O) groups excluding carboxylic acids is 1. The van der Waals surface area contributed by atoms with Crippen molar-refractivity contribution in [2.45, 2.75) is 27.3 Å². The van der Waals surface area contributed by atoms with E-state index in [-0.39, 0.29) is 23.1 Å². The Morgan fingerprint density at radius 1 is 1.45 bits per heavy atom. The Morgan fingerprint density at radius 3 is 2.80 bits per heavy atom. The Labute approximate surface area is 115 Å². The van der Waals surface area contributed by atoms with Crippen LogP contribution in [-0.4, -0.2) is 20.8 Å². The van der Waals surface area contributed by atoms with Crippen LogP contribution in [0.3, 0.4) is 0 Å². The summed E-state index contributed by atoms with van der Waals surface area (Å²) in [5, 5.41) is 10.2. The maximum Gasteiger partial charge on any atom is 0.278 e. The zero-order chi connectivity index (χ0) is 14.7. The molecular formula is C13H16N4O3. The molecule has 0 aromatic carbocycles. The zero-order valence-corrected chi connectivity index (χ0v) is 11.6. The Hall–Kier alpha value is -2.44. The van der Waals surface area contributed by atoms with Crippen LogP contribution < -0.4 is 10.9 Å². The van der Waals surface area contributed by atoms with Crippen LogP contribution in [0.5, 0.6) is 0 Å². The van der Waals surface area contributed by atoms with Crippen molar-refractivity contribution in [3.8, 4) is 0 Å². The van der Waals surface area contributed by atoms with Gasteiger partial charge in [-0.15, -0.1) is 0 Å². The first kappa shape index (κ1) is 14.0. The highest BCUT2D eigenvalue weighted by Crippen LogP contribution is 2.09. The van der Waals surface area contributed by atoms with Gasteiger partial charge >= 0.3 is 0 Å². The lowest BCUT2D eigenvalue weighted by molar-refractivity contribution is 0.101. The molecule has 0 radical (unpaired) electrons.